The lowest BCUT2D eigenvalue weighted by Gasteiger charge is -2.12. The van der Waals surface area contributed by atoms with Crippen molar-refractivity contribution in [2.24, 2.45) is 0 Å². The molecular formula is C19H16N4O2S3. The number of fused-ring (bicyclic) bond motifs is 1. The molecule has 0 atom stereocenters. The summed E-state index contributed by atoms with van der Waals surface area (Å²) in [5.41, 5.74) is 1.58. The van der Waals surface area contributed by atoms with E-state index in [-0.39, 0.29) is 17.2 Å². The molecule has 0 unspecified atom stereocenters. The molecule has 0 aliphatic heterocycles. The summed E-state index contributed by atoms with van der Waals surface area (Å²) < 4.78 is 1.59. The van der Waals surface area contributed by atoms with Gasteiger partial charge >= 0.3 is 0 Å². The molecule has 28 heavy (non-hydrogen) atoms. The van der Waals surface area contributed by atoms with Crippen LogP contribution in [0.1, 0.15) is 10.4 Å². The van der Waals surface area contributed by atoms with Crippen molar-refractivity contribution in [2.45, 2.75) is 19.0 Å². The van der Waals surface area contributed by atoms with Crippen molar-refractivity contribution in [3.8, 4) is 5.69 Å². The zero-order valence-corrected chi connectivity index (χ0v) is 17.6. The molecule has 1 amide bonds. The van der Waals surface area contributed by atoms with Gasteiger partial charge in [0.1, 0.15) is 4.83 Å². The number of anilines is 1. The van der Waals surface area contributed by atoms with Crippen LogP contribution < -0.4 is 10.9 Å². The molecule has 0 bridgehead atoms. The van der Waals surface area contributed by atoms with Crippen molar-refractivity contribution in [3.05, 3.63) is 62.7 Å². The predicted octanol–water partition coefficient (Wildman–Crippen LogP) is 4.25. The fourth-order valence-electron chi connectivity index (χ4n) is 2.75. The standard InChI is InChI=1S/C19H16N4O2S3/c1-11-12(2)28-16-15(11)17(25)23(13-6-4-3-5-7-13)19(22-16)27-10-14(24)21-18-20-8-9-26-18/h3-9H,10H2,1-2H3,(H,20,21,24). The van der Waals surface area contributed by atoms with Gasteiger partial charge in [0, 0.05) is 16.5 Å². The summed E-state index contributed by atoms with van der Waals surface area (Å²) in [5.74, 6) is -0.0549. The number of thioether (sulfide) groups is 1. The van der Waals surface area contributed by atoms with Gasteiger partial charge in [-0.25, -0.2) is 9.97 Å². The first-order valence-corrected chi connectivity index (χ1v) is 11.1. The Bertz CT molecular complexity index is 1200. The van der Waals surface area contributed by atoms with Gasteiger partial charge in [0.15, 0.2) is 10.3 Å². The third kappa shape index (κ3) is 3.60. The highest BCUT2D eigenvalue weighted by Crippen LogP contribution is 2.29. The van der Waals surface area contributed by atoms with E-state index < -0.39 is 0 Å². The molecule has 1 N–H and O–H groups in total. The smallest absolute Gasteiger partial charge is 0.267 e. The number of nitrogens with one attached hydrogen (secondary N) is 1. The first-order chi connectivity index (χ1) is 13.5. The number of benzene rings is 1. The molecule has 0 radical (unpaired) electrons. The van der Waals surface area contributed by atoms with E-state index in [0.717, 1.165) is 16.1 Å². The van der Waals surface area contributed by atoms with E-state index in [2.05, 4.69) is 10.3 Å². The molecule has 0 spiro atoms. The molecule has 0 aliphatic rings. The zero-order chi connectivity index (χ0) is 19.7. The third-order valence-electron chi connectivity index (χ3n) is 4.20. The van der Waals surface area contributed by atoms with E-state index in [9.17, 15) is 9.59 Å². The minimum Gasteiger partial charge on any atom is -0.301 e. The van der Waals surface area contributed by atoms with Crippen molar-refractivity contribution in [2.75, 3.05) is 11.1 Å². The van der Waals surface area contributed by atoms with Crippen molar-refractivity contribution in [1.82, 2.24) is 14.5 Å². The maximum absolute atomic E-state index is 13.3. The fourth-order valence-corrected chi connectivity index (χ4v) is 5.18. The molecule has 0 saturated heterocycles. The number of hydrogen-bond acceptors (Lipinski definition) is 7. The van der Waals surface area contributed by atoms with Crippen molar-refractivity contribution >= 4 is 55.7 Å². The molecule has 0 aliphatic carbocycles. The molecule has 3 heterocycles. The highest BCUT2D eigenvalue weighted by atomic mass is 32.2. The van der Waals surface area contributed by atoms with Crippen LogP contribution in [0.4, 0.5) is 5.13 Å². The third-order valence-corrected chi connectivity index (χ3v) is 6.93. The topological polar surface area (TPSA) is 76.9 Å². The number of hydrogen-bond donors (Lipinski definition) is 1. The molecule has 4 rings (SSSR count). The first kappa shape index (κ1) is 18.9. The number of carbonyl (C=O) groups excluding carboxylic acids is 1. The summed E-state index contributed by atoms with van der Waals surface area (Å²) in [7, 11) is 0. The van der Waals surface area contributed by atoms with Gasteiger partial charge in [-0.1, -0.05) is 30.0 Å². The molecule has 0 fully saturated rings. The van der Waals surface area contributed by atoms with Crippen molar-refractivity contribution < 1.29 is 4.79 Å². The summed E-state index contributed by atoms with van der Waals surface area (Å²) in [5, 5.41) is 6.25. The SMILES string of the molecule is Cc1sc2nc(SCC(=O)Nc3nccs3)n(-c3ccccc3)c(=O)c2c1C. The van der Waals surface area contributed by atoms with Crippen LogP contribution in [0, 0.1) is 13.8 Å². The predicted molar refractivity (Wildman–Crippen MR) is 116 cm³/mol. The molecule has 142 valence electrons. The maximum Gasteiger partial charge on any atom is 0.267 e. The summed E-state index contributed by atoms with van der Waals surface area (Å²) in [6.45, 7) is 3.93. The Kier molecular flexibility index (Phi) is 5.29. The van der Waals surface area contributed by atoms with Gasteiger partial charge in [-0.3, -0.25) is 14.2 Å². The van der Waals surface area contributed by atoms with Crippen LogP contribution in [0.2, 0.25) is 0 Å². The Hall–Kier alpha value is -2.49. The molecule has 4 aromatic rings. The number of aromatic nitrogens is 3. The summed E-state index contributed by atoms with van der Waals surface area (Å²) >= 11 is 4.10. The van der Waals surface area contributed by atoms with E-state index in [4.69, 9.17) is 4.98 Å². The Morgan fingerprint density at radius 1 is 1.25 bits per heavy atom. The average Bonchev–Trinajstić information content (AvgIpc) is 3.29. The first-order valence-electron chi connectivity index (χ1n) is 8.45. The number of amides is 1. The molecular weight excluding hydrogens is 412 g/mol. The Labute approximate surface area is 173 Å². The minimum absolute atomic E-state index is 0.110. The van der Waals surface area contributed by atoms with Crippen LogP contribution in [-0.4, -0.2) is 26.2 Å². The highest BCUT2D eigenvalue weighted by molar-refractivity contribution is 7.99. The molecule has 3 aromatic heterocycles. The molecule has 0 saturated carbocycles. The quantitative estimate of drug-likeness (QED) is 0.380. The Morgan fingerprint density at radius 2 is 2.04 bits per heavy atom. The van der Waals surface area contributed by atoms with E-state index >= 15 is 0 Å². The largest absolute Gasteiger partial charge is 0.301 e. The average molecular weight is 429 g/mol. The van der Waals surface area contributed by atoms with Crippen LogP contribution in [0.15, 0.2) is 51.9 Å². The zero-order valence-electron chi connectivity index (χ0n) is 15.1. The minimum atomic E-state index is -0.188. The Balaban J connectivity index is 1.74. The molecule has 1 aromatic carbocycles. The van der Waals surface area contributed by atoms with Crippen LogP contribution in [0.25, 0.3) is 15.9 Å². The molecule has 9 heteroatoms. The monoisotopic (exact) mass is 428 g/mol. The summed E-state index contributed by atoms with van der Waals surface area (Å²) in [4.78, 5) is 36.1. The highest BCUT2D eigenvalue weighted by Gasteiger charge is 2.18. The summed E-state index contributed by atoms with van der Waals surface area (Å²) in [6.07, 6.45) is 1.64. The second kappa shape index (κ2) is 7.86. The van der Waals surface area contributed by atoms with Gasteiger partial charge < -0.3 is 5.32 Å². The van der Waals surface area contributed by atoms with Gasteiger partial charge in [-0.05, 0) is 31.5 Å². The number of thiophene rings is 1. The van der Waals surface area contributed by atoms with Gasteiger partial charge in [-0.15, -0.1) is 22.7 Å². The maximum atomic E-state index is 13.3. The second-order valence-corrected chi connectivity index (χ2v) is 9.05. The van der Waals surface area contributed by atoms with E-state index in [0.29, 0.717) is 20.5 Å². The molecule has 6 nitrogen and oxygen atoms in total. The second-order valence-electron chi connectivity index (χ2n) is 6.01. The number of nitrogens with zero attached hydrogens (tertiary/aromatic N) is 3. The van der Waals surface area contributed by atoms with E-state index in [1.807, 2.05) is 44.2 Å². The van der Waals surface area contributed by atoms with E-state index in [1.165, 1.54) is 34.4 Å². The number of para-hydroxylation sites is 1. The van der Waals surface area contributed by atoms with Gasteiger partial charge in [0.25, 0.3) is 5.56 Å². The van der Waals surface area contributed by atoms with Crippen LogP contribution in [0.3, 0.4) is 0 Å². The number of aryl methyl sites for hydroxylation is 2. The van der Waals surface area contributed by atoms with Crippen LogP contribution >= 0.6 is 34.4 Å². The van der Waals surface area contributed by atoms with Gasteiger partial charge in [0.05, 0.1) is 16.8 Å². The van der Waals surface area contributed by atoms with Crippen LogP contribution in [-0.2, 0) is 4.79 Å². The number of thiazole rings is 1. The van der Waals surface area contributed by atoms with Gasteiger partial charge in [0.2, 0.25) is 5.91 Å². The number of carbonyl (C=O) groups is 1. The lowest BCUT2D eigenvalue weighted by atomic mass is 10.2. The number of rotatable bonds is 5. The lowest BCUT2D eigenvalue weighted by molar-refractivity contribution is -0.113. The van der Waals surface area contributed by atoms with Gasteiger partial charge in [-0.2, -0.15) is 0 Å². The Morgan fingerprint density at radius 3 is 2.75 bits per heavy atom. The fraction of sp³-hybridized carbons (Fsp3) is 0.158. The van der Waals surface area contributed by atoms with E-state index in [1.54, 1.807) is 16.1 Å². The van der Waals surface area contributed by atoms with Crippen molar-refractivity contribution in [3.63, 3.8) is 0 Å². The normalized spacial score (nSPS) is 11.1. The summed E-state index contributed by atoms with van der Waals surface area (Å²) in [6, 6.07) is 9.38. The van der Waals surface area contributed by atoms with Crippen LogP contribution in [0.5, 0.6) is 0 Å². The lowest BCUT2D eigenvalue weighted by Crippen LogP contribution is -2.22. The van der Waals surface area contributed by atoms with Crippen molar-refractivity contribution in [1.29, 1.82) is 0 Å².